The molecule has 0 aliphatic heterocycles. The first kappa shape index (κ1) is 18.4. The maximum atomic E-state index is 11.4. The number of hydrogen-bond acceptors (Lipinski definition) is 8. The number of benzene rings is 2. The molecule has 0 spiro atoms. The highest BCUT2D eigenvalue weighted by atomic mass is 32.2. The quantitative estimate of drug-likeness (QED) is 0.572. The topological polar surface area (TPSA) is 141 Å². The zero-order valence-electron chi connectivity index (χ0n) is 12.3. The molecule has 0 saturated carbocycles. The molecule has 0 heterocycles. The summed E-state index contributed by atoms with van der Waals surface area (Å²) in [5.41, 5.74) is 0. The average molecular weight is 396 g/mol. The van der Waals surface area contributed by atoms with Crippen molar-refractivity contribution in [3.63, 3.8) is 0 Å². The van der Waals surface area contributed by atoms with Crippen LogP contribution in [0.1, 0.15) is 0 Å². The van der Waals surface area contributed by atoms with Gasteiger partial charge in [0.15, 0.2) is 11.5 Å². The lowest BCUT2D eigenvalue weighted by Gasteiger charge is -2.12. The fourth-order valence-corrected chi connectivity index (χ4v) is 3.37. The van der Waals surface area contributed by atoms with E-state index in [-0.39, 0.29) is 16.5 Å². The van der Waals surface area contributed by atoms with Crippen LogP contribution < -0.4 is 8.37 Å². The number of fused-ring (bicyclic) bond motifs is 1. The summed E-state index contributed by atoms with van der Waals surface area (Å²) in [6.45, 7) is 0. The van der Waals surface area contributed by atoms with Gasteiger partial charge in [0.25, 0.3) is 10.1 Å². The second-order valence-electron chi connectivity index (χ2n) is 4.82. The molecule has 0 unspecified atom stereocenters. The molecule has 0 atom stereocenters. The Morgan fingerprint density at radius 3 is 1.83 bits per heavy atom. The average Bonchev–Trinajstić information content (AvgIpc) is 2.34. The lowest BCUT2D eigenvalue weighted by molar-refractivity contribution is 0.478. The Kier molecular flexibility index (Phi) is 4.52. The van der Waals surface area contributed by atoms with E-state index in [1.54, 1.807) is 0 Å². The largest absolute Gasteiger partial charge is 0.382 e. The van der Waals surface area contributed by atoms with Crippen molar-refractivity contribution in [2.75, 3.05) is 12.5 Å². The van der Waals surface area contributed by atoms with Gasteiger partial charge in [-0.25, -0.2) is 0 Å². The molecule has 0 bridgehead atoms. The lowest BCUT2D eigenvalue weighted by atomic mass is 10.1. The third-order valence-corrected chi connectivity index (χ3v) is 4.47. The zero-order chi connectivity index (χ0) is 18.3. The maximum Gasteiger partial charge on any atom is 0.306 e. The van der Waals surface area contributed by atoms with Crippen molar-refractivity contribution in [3.8, 4) is 11.5 Å². The SMILES string of the molecule is CS(=O)(=O)Oc1cc(S(=O)(=O)O)cc2c(OS(C)(=O)=O)cccc12. The molecule has 0 fully saturated rings. The summed E-state index contributed by atoms with van der Waals surface area (Å²) in [7, 11) is -12.7. The minimum atomic E-state index is -4.71. The molecular weight excluding hydrogens is 384 g/mol. The molecule has 0 aliphatic carbocycles. The molecule has 0 amide bonds. The van der Waals surface area contributed by atoms with E-state index in [1.165, 1.54) is 18.2 Å². The monoisotopic (exact) mass is 396 g/mol. The van der Waals surface area contributed by atoms with Crippen molar-refractivity contribution >= 4 is 41.1 Å². The van der Waals surface area contributed by atoms with E-state index in [2.05, 4.69) is 0 Å². The van der Waals surface area contributed by atoms with E-state index in [4.69, 9.17) is 8.37 Å². The highest BCUT2D eigenvalue weighted by Crippen LogP contribution is 2.36. The molecule has 2 aromatic carbocycles. The Morgan fingerprint density at radius 1 is 0.792 bits per heavy atom. The summed E-state index contributed by atoms with van der Waals surface area (Å²) in [4.78, 5) is -0.682. The Bertz CT molecular complexity index is 1110. The Hall–Kier alpha value is -1.89. The van der Waals surface area contributed by atoms with Gasteiger partial charge in [0.2, 0.25) is 0 Å². The van der Waals surface area contributed by atoms with Crippen LogP contribution in [0.2, 0.25) is 0 Å². The third kappa shape index (κ3) is 4.56. The molecule has 0 aliphatic rings. The van der Waals surface area contributed by atoms with Crippen LogP contribution in [0.4, 0.5) is 0 Å². The van der Waals surface area contributed by atoms with Gasteiger partial charge >= 0.3 is 20.2 Å². The summed E-state index contributed by atoms with van der Waals surface area (Å²) in [6.07, 6.45) is 1.53. The summed E-state index contributed by atoms with van der Waals surface area (Å²) in [6, 6.07) is 5.73. The van der Waals surface area contributed by atoms with Crippen LogP contribution in [-0.4, -0.2) is 42.3 Å². The van der Waals surface area contributed by atoms with Gasteiger partial charge in [-0.3, -0.25) is 4.55 Å². The van der Waals surface area contributed by atoms with Crippen molar-refractivity contribution in [2.45, 2.75) is 4.90 Å². The van der Waals surface area contributed by atoms with Gasteiger partial charge in [0, 0.05) is 16.8 Å². The van der Waals surface area contributed by atoms with E-state index in [0.717, 1.165) is 24.6 Å². The van der Waals surface area contributed by atoms with Crippen molar-refractivity contribution in [1.82, 2.24) is 0 Å². The molecule has 132 valence electrons. The van der Waals surface area contributed by atoms with Gasteiger partial charge < -0.3 is 8.37 Å². The maximum absolute atomic E-state index is 11.4. The van der Waals surface area contributed by atoms with E-state index in [9.17, 15) is 29.8 Å². The standard InChI is InChI=1S/C12H12O9S3/c1-22(13,14)20-11-5-3-4-9-10(11)6-8(24(17,18)19)7-12(9)21-23(2,15)16/h3-7H,1-2H3,(H,17,18,19). The smallest absolute Gasteiger partial charge is 0.306 e. The summed E-state index contributed by atoms with van der Waals surface area (Å²) >= 11 is 0. The van der Waals surface area contributed by atoms with Gasteiger partial charge in [-0.05, 0) is 12.1 Å². The normalized spacial score (nSPS) is 13.0. The molecule has 2 rings (SSSR count). The predicted molar refractivity (Wildman–Crippen MR) is 84.7 cm³/mol. The minimum absolute atomic E-state index is 0.0725. The Morgan fingerprint density at radius 2 is 1.33 bits per heavy atom. The van der Waals surface area contributed by atoms with Crippen LogP contribution in [0.15, 0.2) is 35.2 Å². The first-order chi connectivity index (χ1) is 10.8. The predicted octanol–water partition coefficient (Wildman–Crippen LogP) is 0.763. The number of hydrogen-bond donors (Lipinski definition) is 1. The van der Waals surface area contributed by atoms with Crippen LogP contribution in [0, 0.1) is 0 Å². The molecule has 2 aromatic rings. The van der Waals surface area contributed by atoms with Crippen LogP contribution in [-0.2, 0) is 30.4 Å². The summed E-state index contributed by atoms with van der Waals surface area (Å²) in [5.74, 6) is -0.652. The van der Waals surface area contributed by atoms with Crippen molar-refractivity contribution in [1.29, 1.82) is 0 Å². The van der Waals surface area contributed by atoms with Crippen LogP contribution >= 0.6 is 0 Å². The second-order valence-corrected chi connectivity index (χ2v) is 9.39. The van der Waals surface area contributed by atoms with Gasteiger partial charge in [0.05, 0.1) is 17.4 Å². The minimum Gasteiger partial charge on any atom is -0.382 e. The van der Waals surface area contributed by atoms with E-state index < -0.39 is 41.0 Å². The Labute approximate surface area is 138 Å². The van der Waals surface area contributed by atoms with Gasteiger partial charge in [0.1, 0.15) is 0 Å². The van der Waals surface area contributed by atoms with Gasteiger partial charge in [-0.2, -0.15) is 25.3 Å². The summed E-state index contributed by atoms with van der Waals surface area (Å²) in [5, 5.41) is 0.00525. The fraction of sp³-hybridized carbons (Fsp3) is 0.167. The van der Waals surface area contributed by atoms with Gasteiger partial charge in [-0.1, -0.05) is 12.1 Å². The molecule has 0 radical (unpaired) electrons. The third-order valence-electron chi connectivity index (χ3n) is 2.67. The van der Waals surface area contributed by atoms with Crippen molar-refractivity contribution in [2.24, 2.45) is 0 Å². The molecule has 0 aromatic heterocycles. The molecule has 9 nitrogen and oxygen atoms in total. The Balaban J connectivity index is 2.88. The molecule has 12 heteroatoms. The molecule has 24 heavy (non-hydrogen) atoms. The highest BCUT2D eigenvalue weighted by molar-refractivity contribution is 7.86. The van der Waals surface area contributed by atoms with E-state index in [1.807, 2.05) is 0 Å². The zero-order valence-corrected chi connectivity index (χ0v) is 14.8. The lowest BCUT2D eigenvalue weighted by Crippen LogP contribution is -2.09. The first-order valence-electron chi connectivity index (χ1n) is 6.09. The summed E-state index contributed by atoms with van der Waals surface area (Å²) < 4.78 is 86.8. The first-order valence-corrected chi connectivity index (χ1v) is 11.2. The van der Waals surface area contributed by atoms with Crippen LogP contribution in [0.3, 0.4) is 0 Å². The second kappa shape index (κ2) is 5.88. The van der Waals surface area contributed by atoms with Gasteiger partial charge in [-0.15, -0.1) is 0 Å². The highest BCUT2D eigenvalue weighted by Gasteiger charge is 2.20. The van der Waals surface area contributed by atoms with Crippen molar-refractivity contribution < 1.29 is 38.2 Å². The fourth-order valence-electron chi connectivity index (χ4n) is 1.92. The van der Waals surface area contributed by atoms with E-state index >= 15 is 0 Å². The number of rotatable bonds is 5. The van der Waals surface area contributed by atoms with Crippen molar-refractivity contribution in [3.05, 3.63) is 30.3 Å². The van der Waals surface area contributed by atoms with Crippen LogP contribution in [0.25, 0.3) is 10.8 Å². The van der Waals surface area contributed by atoms with E-state index in [0.29, 0.717) is 0 Å². The molecular formula is C12H12O9S3. The van der Waals surface area contributed by atoms with Crippen LogP contribution in [0.5, 0.6) is 11.5 Å². The molecule has 1 N–H and O–H groups in total. The molecule has 0 saturated heterocycles.